The summed E-state index contributed by atoms with van der Waals surface area (Å²) in [5.74, 6) is -0.164. The molecule has 0 radical (unpaired) electrons. The maximum absolute atomic E-state index is 11.7. The summed E-state index contributed by atoms with van der Waals surface area (Å²) < 4.78 is 0. The third-order valence-corrected chi connectivity index (χ3v) is 2.99. The van der Waals surface area contributed by atoms with Crippen LogP contribution < -0.4 is 10.6 Å². The predicted molar refractivity (Wildman–Crippen MR) is 81.0 cm³/mol. The molecule has 4 nitrogen and oxygen atoms in total. The van der Waals surface area contributed by atoms with Gasteiger partial charge in [-0.3, -0.25) is 9.78 Å². The number of nitrogens with zero attached hydrogens (tertiary/aromatic N) is 1. The van der Waals surface area contributed by atoms with Crippen LogP contribution in [-0.4, -0.2) is 17.4 Å². The highest BCUT2D eigenvalue weighted by atomic mass is 35.5. The van der Waals surface area contributed by atoms with Crippen molar-refractivity contribution in [1.29, 1.82) is 0 Å². The highest BCUT2D eigenvalue weighted by molar-refractivity contribution is 6.30. The average Bonchev–Trinajstić information content (AvgIpc) is 2.47. The summed E-state index contributed by atoms with van der Waals surface area (Å²) in [6, 6.07) is 11.2. The van der Waals surface area contributed by atoms with Crippen LogP contribution >= 0.6 is 11.6 Å². The molecule has 104 valence electrons. The van der Waals surface area contributed by atoms with Crippen LogP contribution in [0.15, 0.2) is 42.6 Å². The molecule has 0 saturated heterocycles. The summed E-state index contributed by atoms with van der Waals surface area (Å²) in [4.78, 5) is 15.7. The molecule has 1 heterocycles. The lowest BCUT2D eigenvalue weighted by Crippen LogP contribution is -2.23. The SMILES string of the molecule is CCNC(=O)c1cc(NCc2ccc(Cl)cc2)ccn1. The molecule has 0 saturated carbocycles. The van der Waals surface area contributed by atoms with Gasteiger partial charge in [-0.1, -0.05) is 23.7 Å². The van der Waals surface area contributed by atoms with Gasteiger partial charge in [-0.25, -0.2) is 0 Å². The Morgan fingerprint density at radius 3 is 2.70 bits per heavy atom. The van der Waals surface area contributed by atoms with Crippen molar-refractivity contribution in [3.8, 4) is 0 Å². The fraction of sp³-hybridized carbons (Fsp3) is 0.200. The van der Waals surface area contributed by atoms with Gasteiger partial charge < -0.3 is 10.6 Å². The van der Waals surface area contributed by atoms with Gasteiger partial charge in [0.2, 0.25) is 0 Å². The molecule has 0 atom stereocenters. The quantitative estimate of drug-likeness (QED) is 0.889. The van der Waals surface area contributed by atoms with Crippen LogP contribution in [-0.2, 0) is 6.54 Å². The second-order valence-corrected chi connectivity index (χ2v) is 4.71. The number of pyridine rings is 1. The zero-order valence-corrected chi connectivity index (χ0v) is 11.9. The van der Waals surface area contributed by atoms with Crippen molar-refractivity contribution in [2.45, 2.75) is 13.5 Å². The normalized spacial score (nSPS) is 10.1. The summed E-state index contributed by atoms with van der Waals surface area (Å²) >= 11 is 5.84. The van der Waals surface area contributed by atoms with Crippen molar-refractivity contribution in [3.05, 3.63) is 58.9 Å². The zero-order valence-electron chi connectivity index (χ0n) is 11.2. The Bertz CT molecular complexity index is 584. The van der Waals surface area contributed by atoms with Gasteiger partial charge in [0.15, 0.2) is 0 Å². The van der Waals surface area contributed by atoms with Crippen molar-refractivity contribution < 1.29 is 4.79 Å². The van der Waals surface area contributed by atoms with E-state index in [1.54, 1.807) is 12.3 Å². The molecular formula is C15H16ClN3O. The van der Waals surface area contributed by atoms with E-state index >= 15 is 0 Å². The minimum atomic E-state index is -0.164. The van der Waals surface area contributed by atoms with Crippen molar-refractivity contribution >= 4 is 23.2 Å². The molecule has 2 rings (SSSR count). The van der Waals surface area contributed by atoms with Crippen LogP contribution in [0.25, 0.3) is 0 Å². The molecule has 0 fully saturated rings. The summed E-state index contributed by atoms with van der Waals surface area (Å²) in [7, 11) is 0. The zero-order chi connectivity index (χ0) is 14.4. The molecular weight excluding hydrogens is 274 g/mol. The molecule has 0 bridgehead atoms. The monoisotopic (exact) mass is 289 g/mol. The van der Waals surface area contributed by atoms with Crippen LogP contribution in [0.2, 0.25) is 5.02 Å². The van der Waals surface area contributed by atoms with E-state index in [0.717, 1.165) is 16.3 Å². The van der Waals surface area contributed by atoms with Crippen LogP contribution in [0, 0.1) is 0 Å². The molecule has 2 N–H and O–H groups in total. The molecule has 0 aliphatic carbocycles. The van der Waals surface area contributed by atoms with Crippen LogP contribution in [0.1, 0.15) is 23.0 Å². The first-order chi connectivity index (χ1) is 9.69. The number of carbonyl (C=O) groups is 1. The molecule has 0 aliphatic rings. The first-order valence-corrected chi connectivity index (χ1v) is 6.79. The summed E-state index contributed by atoms with van der Waals surface area (Å²) in [5.41, 5.74) is 2.38. The lowest BCUT2D eigenvalue weighted by molar-refractivity contribution is 0.0951. The number of aromatic nitrogens is 1. The lowest BCUT2D eigenvalue weighted by Gasteiger charge is -2.08. The highest BCUT2D eigenvalue weighted by Crippen LogP contribution is 2.13. The van der Waals surface area contributed by atoms with Gasteiger partial charge in [-0.05, 0) is 36.8 Å². The second-order valence-electron chi connectivity index (χ2n) is 4.27. The molecule has 20 heavy (non-hydrogen) atoms. The third kappa shape index (κ3) is 3.96. The molecule has 1 amide bonds. The molecule has 0 aliphatic heterocycles. The van der Waals surface area contributed by atoms with Gasteiger partial charge in [0, 0.05) is 30.0 Å². The maximum Gasteiger partial charge on any atom is 0.269 e. The van der Waals surface area contributed by atoms with E-state index in [0.29, 0.717) is 18.8 Å². The van der Waals surface area contributed by atoms with E-state index in [9.17, 15) is 4.79 Å². The largest absolute Gasteiger partial charge is 0.381 e. The molecule has 2 aromatic rings. The van der Waals surface area contributed by atoms with E-state index < -0.39 is 0 Å². The number of benzene rings is 1. The Morgan fingerprint density at radius 2 is 2.00 bits per heavy atom. The first-order valence-electron chi connectivity index (χ1n) is 6.41. The predicted octanol–water partition coefficient (Wildman–Crippen LogP) is 3.10. The van der Waals surface area contributed by atoms with Gasteiger partial charge in [0.25, 0.3) is 5.91 Å². The highest BCUT2D eigenvalue weighted by Gasteiger charge is 2.06. The van der Waals surface area contributed by atoms with Crippen molar-refractivity contribution in [1.82, 2.24) is 10.3 Å². The van der Waals surface area contributed by atoms with Gasteiger partial charge in [0.1, 0.15) is 5.69 Å². The van der Waals surface area contributed by atoms with E-state index in [1.165, 1.54) is 0 Å². The molecule has 0 spiro atoms. The number of hydrogen-bond acceptors (Lipinski definition) is 3. The number of hydrogen-bond donors (Lipinski definition) is 2. The van der Waals surface area contributed by atoms with E-state index in [4.69, 9.17) is 11.6 Å². The lowest BCUT2D eigenvalue weighted by atomic mass is 10.2. The number of nitrogens with one attached hydrogen (secondary N) is 2. The average molecular weight is 290 g/mol. The summed E-state index contributed by atoms with van der Waals surface area (Å²) in [6.07, 6.45) is 1.62. The van der Waals surface area contributed by atoms with Crippen LogP contribution in [0.3, 0.4) is 0 Å². The minimum absolute atomic E-state index is 0.164. The minimum Gasteiger partial charge on any atom is -0.381 e. The number of anilines is 1. The van der Waals surface area contributed by atoms with E-state index in [-0.39, 0.29) is 5.91 Å². The number of carbonyl (C=O) groups excluding carboxylic acids is 1. The Kier molecular flexibility index (Phi) is 4.96. The third-order valence-electron chi connectivity index (χ3n) is 2.74. The van der Waals surface area contributed by atoms with Gasteiger partial charge in [-0.15, -0.1) is 0 Å². The Morgan fingerprint density at radius 1 is 1.25 bits per heavy atom. The Labute approximate surface area is 123 Å². The van der Waals surface area contributed by atoms with Gasteiger partial charge >= 0.3 is 0 Å². The Balaban J connectivity index is 2.01. The number of halogens is 1. The fourth-order valence-corrected chi connectivity index (χ4v) is 1.85. The van der Waals surface area contributed by atoms with Crippen LogP contribution in [0.4, 0.5) is 5.69 Å². The molecule has 1 aromatic carbocycles. The molecule has 0 unspecified atom stereocenters. The number of amides is 1. The van der Waals surface area contributed by atoms with Crippen molar-refractivity contribution in [2.75, 3.05) is 11.9 Å². The topological polar surface area (TPSA) is 54.0 Å². The smallest absolute Gasteiger partial charge is 0.269 e. The van der Waals surface area contributed by atoms with Crippen LogP contribution in [0.5, 0.6) is 0 Å². The van der Waals surface area contributed by atoms with Crippen molar-refractivity contribution in [2.24, 2.45) is 0 Å². The fourth-order valence-electron chi connectivity index (χ4n) is 1.72. The second kappa shape index (κ2) is 6.91. The summed E-state index contributed by atoms with van der Waals surface area (Å²) in [5, 5.41) is 6.70. The number of rotatable bonds is 5. The first kappa shape index (κ1) is 14.3. The standard InChI is InChI=1S/C15H16ClN3O/c1-2-17-15(20)14-9-13(7-8-18-14)19-10-11-3-5-12(16)6-4-11/h3-9H,2,10H2,1H3,(H,17,20)(H,18,19). The van der Waals surface area contributed by atoms with Gasteiger partial charge in [-0.2, -0.15) is 0 Å². The molecule has 5 heteroatoms. The summed E-state index contributed by atoms with van der Waals surface area (Å²) in [6.45, 7) is 3.12. The van der Waals surface area contributed by atoms with Gasteiger partial charge in [0.05, 0.1) is 0 Å². The van der Waals surface area contributed by atoms with E-state index in [2.05, 4.69) is 15.6 Å². The Hall–Kier alpha value is -2.07. The molecule has 1 aromatic heterocycles. The van der Waals surface area contributed by atoms with E-state index in [1.807, 2.05) is 37.3 Å². The maximum atomic E-state index is 11.7. The van der Waals surface area contributed by atoms with Crippen molar-refractivity contribution in [3.63, 3.8) is 0 Å².